The van der Waals surface area contributed by atoms with Crippen LogP contribution in [0.25, 0.3) is 11.1 Å². The van der Waals surface area contributed by atoms with Gasteiger partial charge in [0.05, 0.1) is 32.6 Å². The minimum absolute atomic E-state index is 0.107. The molecule has 0 radical (unpaired) electrons. The molecule has 168 valence electrons. The Labute approximate surface area is 183 Å². The van der Waals surface area contributed by atoms with Gasteiger partial charge in [-0.05, 0) is 36.7 Å². The molecule has 0 aliphatic carbocycles. The van der Waals surface area contributed by atoms with Gasteiger partial charge < -0.3 is 29.4 Å². The molecule has 0 bridgehead atoms. The van der Waals surface area contributed by atoms with Crippen molar-refractivity contribution in [2.45, 2.75) is 18.1 Å². The second-order valence-electron chi connectivity index (χ2n) is 8.13. The standard InChI is InChI=1S/C23H31N3O5/c1-28-19-9-17(21-3-5-24-12-22(21)29-2)10-20(11-19)30-14-18(27)13-26-7-8-31-23(16-26)4-6-25-15-23/h3,5,9-12,18,25,27H,4,6-8,13-16H2,1-2H3. The van der Waals surface area contributed by atoms with Crippen LogP contribution in [0.2, 0.25) is 0 Å². The number of hydrogen-bond acceptors (Lipinski definition) is 8. The molecule has 2 fully saturated rings. The minimum atomic E-state index is -0.602. The fourth-order valence-corrected chi connectivity index (χ4v) is 4.31. The van der Waals surface area contributed by atoms with Crippen molar-refractivity contribution in [1.29, 1.82) is 0 Å². The van der Waals surface area contributed by atoms with Crippen LogP contribution in [-0.4, -0.2) is 86.9 Å². The van der Waals surface area contributed by atoms with Gasteiger partial charge in [-0.2, -0.15) is 0 Å². The van der Waals surface area contributed by atoms with Crippen LogP contribution in [0.3, 0.4) is 0 Å². The molecule has 0 amide bonds. The van der Waals surface area contributed by atoms with Crippen molar-refractivity contribution in [3.8, 4) is 28.4 Å². The second kappa shape index (κ2) is 9.82. The third kappa shape index (κ3) is 5.27. The fraction of sp³-hybridized carbons (Fsp3) is 0.522. The smallest absolute Gasteiger partial charge is 0.144 e. The number of methoxy groups -OCH3 is 2. The van der Waals surface area contributed by atoms with Gasteiger partial charge in [0.15, 0.2) is 0 Å². The topological polar surface area (TPSA) is 85.3 Å². The third-order valence-electron chi connectivity index (χ3n) is 5.87. The van der Waals surface area contributed by atoms with Crippen LogP contribution in [0.4, 0.5) is 0 Å². The van der Waals surface area contributed by atoms with E-state index in [1.54, 1.807) is 26.6 Å². The zero-order valence-corrected chi connectivity index (χ0v) is 18.2. The molecule has 1 aromatic carbocycles. The van der Waals surface area contributed by atoms with E-state index in [1.165, 1.54) is 0 Å². The Bertz CT molecular complexity index is 872. The monoisotopic (exact) mass is 429 g/mol. The van der Waals surface area contributed by atoms with Crippen LogP contribution in [0.15, 0.2) is 36.7 Å². The molecule has 2 N–H and O–H groups in total. The molecule has 31 heavy (non-hydrogen) atoms. The van der Waals surface area contributed by atoms with Crippen molar-refractivity contribution in [2.24, 2.45) is 0 Å². The molecule has 8 heteroatoms. The molecule has 2 aliphatic rings. The van der Waals surface area contributed by atoms with Crippen LogP contribution in [-0.2, 0) is 4.74 Å². The Morgan fingerprint density at radius 3 is 2.90 bits per heavy atom. The molecule has 2 atom stereocenters. The zero-order chi connectivity index (χ0) is 21.7. The lowest BCUT2D eigenvalue weighted by atomic mass is 10.0. The van der Waals surface area contributed by atoms with Crippen molar-refractivity contribution in [3.63, 3.8) is 0 Å². The number of hydrogen-bond donors (Lipinski definition) is 2. The average Bonchev–Trinajstić information content (AvgIpc) is 3.24. The van der Waals surface area contributed by atoms with Crippen molar-refractivity contribution in [2.75, 3.05) is 60.2 Å². The molecule has 2 saturated heterocycles. The molecule has 4 rings (SSSR count). The van der Waals surface area contributed by atoms with Gasteiger partial charge in [0.1, 0.15) is 30.0 Å². The highest BCUT2D eigenvalue weighted by molar-refractivity contribution is 5.72. The third-order valence-corrected chi connectivity index (χ3v) is 5.87. The predicted molar refractivity (Wildman–Crippen MR) is 117 cm³/mol. The minimum Gasteiger partial charge on any atom is -0.497 e. The lowest BCUT2D eigenvalue weighted by Gasteiger charge is -2.40. The summed E-state index contributed by atoms with van der Waals surface area (Å²) < 4.78 is 22.8. The number of rotatable bonds is 8. The summed E-state index contributed by atoms with van der Waals surface area (Å²) in [4.78, 5) is 6.38. The summed E-state index contributed by atoms with van der Waals surface area (Å²) in [6.07, 6.45) is 3.81. The molecule has 1 aromatic heterocycles. The molecule has 2 aromatic rings. The van der Waals surface area contributed by atoms with Crippen LogP contribution in [0.5, 0.6) is 17.2 Å². The van der Waals surface area contributed by atoms with E-state index in [2.05, 4.69) is 15.2 Å². The van der Waals surface area contributed by atoms with Crippen LogP contribution in [0.1, 0.15) is 6.42 Å². The maximum atomic E-state index is 10.6. The number of nitrogens with one attached hydrogen (secondary N) is 1. The van der Waals surface area contributed by atoms with Crippen molar-refractivity contribution < 1.29 is 24.1 Å². The van der Waals surface area contributed by atoms with E-state index >= 15 is 0 Å². The van der Waals surface area contributed by atoms with Crippen LogP contribution < -0.4 is 19.5 Å². The maximum Gasteiger partial charge on any atom is 0.144 e. The summed E-state index contributed by atoms with van der Waals surface area (Å²) in [7, 11) is 3.24. The van der Waals surface area contributed by atoms with Crippen molar-refractivity contribution in [1.82, 2.24) is 15.2 Å². The Morgan fingerprint density at radius 1 is 1.26 bits per heavy atom. The highest BCUT2D eigenvalue weighted by atomic mass is 16.5. The van der Waals surface area contributed by atoms with Gasteiger partial charge in [-0.3, -0.25) is 9.88 Å². The molecule has 2 unspecified atom stereocenters. The SMILES string of the molecule is COc1cc(OCC(O)CN2CCOC3(CCNC3)C2)cc(-c2ccncc2OC)c1. The van der Waals surface area contributed by atoms with E-state index in [-0.39, 0.29) is 12.2 Å². The van der Waals surface area contributed by atoms with Crippen LogP contribution in [0, 0.1) is 0 Å². The highest BCUT2D eigenvalue weighted by Gasteiger charge is 2.39. The zero-order valence-electron chi connectivity index (χ0n) is 18.2. The number of β-amino-alcohol motifs (C(OH)–C–C–N with tert-alkyl or cyclic N) is 1. The number of morpholine rings is 1. The number of benzene rings is 1. The molecular formula is C23H31N3O5. The fourth-order valence-electron chi connectivity index (χ4n) is 4.31. The largest absolute Gasteiger partial charge is 0.497 e. The Kier molecular flexibility index (Phi) is 6.92. The first kappa shape index (κ1) is 21.8. The van der Waals surface area contributed by atoms with Crippen LogP contribution >= 0.6 is 0 Å². The number of aliphatic hydroxyl groups is 1. The summed E-state index contributed by atoms with van der Waals surface area (Å²) in [5.74, 6) is 1.97. The van der Waals surface area contributed by atoms with E-state index in [1.807, 2.05) is 24.3 Å². The molecule has 0 saturated carbocycles. The summed E-state index contributed by atoms with van der Waals surface area (Å²) in [6.45, 7) is 4.97. The first-order valence-electron chi connectivity index (χ1n) is 10.7. The van der Waals surface area contributed by atoms with Gasteiger partial charge in [0, 0.05) is 44.0 Å². The van der Waals surface area contributed by atoms with Gasteiger partial charge in [-0.25, -0.2) is 0 Å². The lowest BCUT2D eigenvalue weighted by molar-refractivity contribution is -0.104. The second-order valence-corrected chi connectivity index (χ2v) is 8.13. The number of ether oxygens (including phenoxy) is 4. The van der Waals surface area contributed by atoms with Gasteiger partial charge in [-0.15, -0.1) is 0 Å². The molecule has 2 aliphatic heterocycles. The Hall–Kier alpha value is -2.39. The lowest BCUT2D eigenvalue weighted by Crippen LogP contribution is -2.54. The summed E-state index contributed by atoms with van der Waals surface area (Å²) in [6, 6.07) is 7.54. The van der Waals surface area contributed by atoms with E-state index in [9.17, 15) is 5.11 Å². The number of aliphatic hydroxyl groups excluding tert-OH is 1. The first-order valence-corrected chi connectivity index (χ1v) is 10.7. The van der Waals surface area contributed by atoms with Gasteiger partial charge in [0.2, 0.25) is 0 Å². The van der Waals surface area contributed by atoms with Gasteiger partial charge in [-0.1, -0.05) is 0 Å². The van der Waals surface area contributed by atoms with Gasteiger partial charge >= 0.3 is 0 Å². The average molecular weight is 430 g/mol. The summed E-state index contributed by atoms with van der Waals surface area (Å²) >= 11 is 0. The molecule has 3 heterocycles. The van der Waals surface area contributed by atoms with E-state index in [0.717, 1.165) is 43.7 Å². The molecule has 8 nitrogen and oxygen atoms in total. The van der Waals surface area contributed by atoms with Crippen molar-refractivity contribution >= 4 is 0 Å². The normalized spacial score (nSPS) is 22.4. The number of nitrogens with zero attached hydrogens (tertiary/aromatic N) is 2. The number of pyridine rings is 1. The number of aromatic nitrogens is 1. The van der Waals surface area contributed by atoms with E-state index in [0.29, 0.717) is 30.4 Å². The molecule has 1 spiro atoms. The summed E-state index contributed by atoms with van der Waals surface area (Å²) in [5.41, 5.74) is 1.68. The molecular weight excluding hydrogens is 398 g/mol. The summed E-state index contributed by atoms with van der Waals surface area (Å²) in [5, 5.41) is 14.0. The quantitative estimate of drug-likeness (QED) is 0.654. The Balaban J connectivity index is 1.39. The first-order chi connectivity index (χ1) is 15.1. The van der Waals surface area contributed by atoms with Crippen molar-refractivity contribution in [3.05, 3.63) is 36.7 Å². The Morgan fingerprint density at radius 2 is 2.13 bits per heavy atom. The van der Waals surface area contributed by atoms with E-state index < -0.39 is 6.10 Å². The maximum absolute atomic E-state index is 10.6. The predicted octanol–water partition coefficient (Wildman–Crippen LogP) is 1.57. The van der Waals surface area contributed by atoms with E-state index in [4.69, 9.17) is 18.9 Å². The van der Waals surface area contributed by atoms with Gasteiger partial charge in [0.25, 0.3) is 0 Å². The highest BCUT2D eigenvalue weighted by Crippen LogP contribution is 2.34.